The van der Waals surface area contributed by atoms with Gasteiger partial charge in [-0.05, 0) is 84.3 Å². The van der Waals surface area contributed by atoms with Crippen LogP contribution in [0.25, 0.3) is 0 Å². The first-order valence-corrected chi connectivity index (χ1v) is 20.3. The lowest BCUT2D eigenvalue weighted by Crippen LogP contribution is -2.49. The van der Waals surface area contributed by atoms with Gasteiger partial charge >= 0.3 is 7.60 Å². The molecule has 0 aliphatic carbocycles. The monoisotopic (exact) mass is 766 g/mol. The smallest absolute Gasteiger partial charge is 0.414 e. The van der Waals surface area contributed by atoms with Gasteiger partial charge < -0.3 is 31.1 Å². The molecule has 0 aliphatic heterocycles. The zero-order valence-electron chi connectivity index (χ0n) is 28.9. The van der Waals surface area contributed by atoms with Crippen LogP contribution in [0.4, 0.5) is 0 Å². The second-order valence-corrected chi connectivity index (χ2v) is 15.4. The predicted octanol–water partition coefficient (Wildman–Crippen LogP) is 7.21. The van der Waals surface area contributed by atoms with Crippen molar-refractivity contribution in [3.8, 4) is 11.5 Å². The zero-order chi connectivity index (χ0) is 38.0. The highest BCUT2D eigenvalue weighted by atomic mass is 32.2. The minimum Gasteiger partial charge on any atom is -0.414 e. The second-order valence-electron chi connectivity index (χ2n) is 11.7. The van der Waals surface area contributed by atoms with Crippen molar-refractivity contribution >= 4 is 54.6 Å². The number of nitrogens with one attached hydrogen (secondary N) is 4. The third-order valence-corrected chi connectivity index (χ3v) is 11.6. The molecule has 0 aromatic heterocycles. The van der Waals surface area contributed by atoms with E-state index in [1.807, 2.05) is 67.1 Å². The topological polar surface area (TPSA) is 193 Å². The Morgan fingerprint density at radius 1 is 0.660 bits per heavy atom. The van der Waals surface area contributed by atoms with Gasteiger partial charge in [0.2, 0.25) is 5.91 Å². The largest absolute Gasteiger partial charge is 0.457 e. The molecule has 5 rings (SSSR count). The van der Waals surface area contributed by atoms with E-state index in [0.717, 1.165) is 15.4 Å². The molecule has 14 heteroatoms. The second kappa shape index (κ2) is 17.8. The number of carbonyl (C=O) groups excluding carboxylic acids is 2. The van der Waals surface area contributed by atoms with Gasteiger partial charge in [0.25, 0.3) is 5.91 Å². The molecular weight excluding hydrogens is 728 g/mol. The van der Waals surface area contributed by atoms with Crippen molar-refractivity contribution < 1.29 is 23.2 Å². The fraction of sp³-hybridized carbons (Fsp3) is 0.128. The van der Waals surface area contributed by atoms with Crippen molar-refractivity contribution in [1.29, 1.82) is 10.8 Å². The van der Waals surface area contributed by atoms with Gasteiger partial charge in [-0.3, -0.25) is 20.4 Å². The van der Waals surface area contributed by atoms with E-state index in [2.05, 4.69) is 10.6 Å². The van der Waals surface area contributed by atoms with Gasteiger partial charge in [-0.25, -0.2) is 4.57 Å². The van der Waals surface area contributed by atoms with Gasteiger partial charge in [0.05, 0.1) is 0 Å². The van der Waals surface area contributed by atoms with E-state index < -0.39 is 31.2 Å². The van der Waals surface area contributed by atoms with Crippen LogP contribution in [0, 0.1) is 10.8 Å². The summed E-state index contributed by atoms with van der Waals surface area (Å²) in [6.07, 6.45) is 3.96. The highest BCUT2D eigenvalue weighted by molar-refractivity contribution is 7.98. The van der Waals surface area contributed by atoms with Gasteiger partial charge in [0, 0.05) is 32.9 Å². The Balaban J connectivity index is 1.56. The molecule has 5 aromatic rings. The highest BCUT2D eigenvalue weighted by Crippen LogP contribution is 2.59. The maximum atomic E-state index is 15.4. The Hall–Kier alpha value is -5.49. The van der Waals surface area contributed by atoms with Crippen molar-refractivity contribution in [2.24, 2.45) is 11.5 Å². The molecule has 0 aliphatic rings. The lowest BCUT2D eigenvalue weighted by Gasteiger charge is -2.30. The van der Waals surface area contributed by atoms with E-state index in [1.54, 1.807) is 60.7 Å². The Labute approximate surface area is 316 Å². The molecule has 0 fully saturated rings. The molecular formula is C39H39N6O5PS2. The summed E-state index contributed by atoms with van der Waals surface area (Å²) in [6.45, 7) is 0. The highest BCUT2D eigenvalue weighted by Gasteiger charge is 2.43. The maximum Gasteiger partial charge on any atom is 0.457 e. The molecule has 2 atom stereocenters. The van der Waals surface area contributed by atoms with Crippen molar-refractivity contribution in [1.82, 2.24) is 10.6 Å². The first-order valence-electron chi connectivity index (χ1n) is 16.3. The molecule has 0 heterocycles. The molecule has 0 saturated heterocycles. The average molecular weight is 767 g/mol. The molecule has 2 amide bonds. The average Bonchev–Trinajstić information content (AvgIpc) is 3.17. The molecule has 0 radical (unpaired) electrons. The molecule has 0 bridgehead atoms. The lowest BCUT2D eigenvalue weighted by molar-refractivity contribution is -0.123. The van der Waals surface area contributed by atoms with Crippen LogP contribution in [-0.2, 0) is 15.8 Å². The Kier molecular flexibility index (Phi) is 13.0. The van der Waals surface area contributed by atoms with Crippen LogP contribution < -0.4 is 31.1 Å². The first-order chi connectivity index (χ1) is 25.5. The molecule has 0 unspecified atom stereocenters. The predicted molar refractivity (Wildman–Crippen MR) is 213 cm³/mol. The van der Waals surface area contributed by atoms with E-state index in [1.165, 1.54) is 35.7 Å². The number of amides is 2. The number of amidine groups is 2. The zero-order valence-corrected chi connectivity index (χ0v) is 31.5. The normalized spacial score (nSPS) is 12.2. The summed E-state index contributed by atoms with van der Waals surface area (Å²) in [6, 6.07) is 34.5. The van der Waals surface area contributed by atoms with Gasteiger partial charge in [0.15, 0.2) is 5.78 Å². The summed E-state index contributed by atoms with van der Waals surface area (Å²) in [7, 11) is -4.44. The fourth-order valence-corrected chi connectivity index (χ4v) is 7.94. The number of hydrogen-bond donors (Lipinski definition) is 6. The molecule has 11 nitrogen and oxygen atoms in total. The van der Waals surface area contributed by atoms with Gasteiger partial charge in [-0.1, -0.05) is 66.7 Å². The molecule has 0 saturated carbocycles. The number of nitrogens with two attached hydrogens (primary N) is 2. The fourth-order valence-electron chi connectivity index (χ4n) is 5.22. The number of thioether (sulfide) groups is 2. The van der Waals surface area contributed by atoms with Crippen LogP contribution in [0.3, 0.4) is 0 Å². The molecule has 5 aromatic carbocycles. The Morgan fingerprint density at radius 2 is 1.11 bits per heavy atom. The van der Waals surface area contributed by atoms with Gasteiger partial charge in [-0.15, -0.1) is 23.5 Å². The van der Waals surface area contributed by atoms with Crippen LogP contribution in [0.1, 0.15) is 38.4 Å². The summed E-state index contributed by atoms with van der Waals surface area (Å²) in [5.41, 5.74) is 13.5. The summed E-state index contributed by atoms with van der Waals surface area (Å²) in [4.78, 5) is 29.9. The number of rotatable bonds is 16. The van der Waals surface area contributed by atoms with Crippen molar-refractivity contribution in [3.63, 3.8) is 0 Å². The Morgan fingerprint density at radius 3 is 1.57 bits per heavy atom. The van der Waals surface area contributed by atoms with Crippen molar-refractivity contribution in [2.45, 2.75) is 28.0 Å². The number of benzene rings is 5. The maximum absolute atomic E-state index is 15.4. The van der Waals surface area contributed by atoms with E-state index in [-0.39, 0.29) is 35.2 Å². The summed E-state index contributed by atoms with van der Waals surface area (Å²) in [5.74, 6) is -2.43. The minimum absolute atomic E-state index is 0.0955. The summed E-state index contributed by atoms with van der Waals surface area (Å²) < 4.78 is 27.9. The van der Waals surface area contributed by atoms with Gasteiger partial charge in [0.1, 0.15) is 29.2 Å². The van der Waals surface area contributed by atoms with Crippen LogP contribution in [0.15, 0.2) is 137 Å². The Bertz CT molecular complexity index is 2050. The van der Waals surface area contributed by atoms with Crippen LogP contribution in [0.2, 0.25) is 0 Å². The third-order valence-electron chi connectivity index (χ3n) is 8.08. The quantitative estimate of drug-likeness (QED) is 0.0261. The first kappa shape index (κ1) is 38.7. The molecule has 8 N–H and O–H groups in total. The third kappa shape index (κ3) is 10.3. The molecule has 53 heavy (non-hydrogen) atoms. The van der Waals surface area contributed by atoms with Crippen molar-refractivity contribution in [2.75, 3.05) is 12.5 Å². The number of hydrogen-bond acceptors (Lipinski definition) is 9. The van der Waals surface area contributed by atoms with E-state index in [9.17, 15) is 9.59 Å². The lowest BCUT2D eigenvalue weighted by atomic mass is 10.0. The number of nitrogen functional groups attached to an aromatic ring is 2. The molecule has 272 valence electrons. The SMILES string of the molecule is CSc1ccc(OP(=O)(Oc2ccc(SC)cc2)[C@H](NC(=O)[C@@H](Cc2ccccc2)NC(=O)c2ccc(C(=N)N)cc2)c2ccc(C(=N)N)cc2)cc1. The van der Waals surface area contributed by atoms with E-state index in [0.29, 0.717) is 16.7 Å². The summed E-state index contributed by atoms with van der Waals surface area (Å²) >= 11 is 3.07. The van der Waals surface area contributed by atoms with Crippen molar-refractivity contribution in [3.05, 3.63) is 155 Å². The minimum atomic E-state index is -4.44. The summed E-state index contributed by atoms with van der Waals surface area (Å²) in [5, 5.41) is 21.3. The van der Waals surface area contributed by atoms with Crippen LogP contribution >= 0.6 is 31.1 Å². The van der Waals surface area contributed by atoms with E-state index >= 15 is 4.57 Å². The standard InChI is InChI=1S/C39H39N6O5PS2/c1-52-32-20-16-30(17-21-32)49-51(48,50-31-18-22-33(53-2)23-19-31)39(29-14-10-27(11-15-29)36(42)43)45-38(47)34(24-25-6-4-3-5-7-25)44-37(46)28-12-8-26(9-13-28)35(40)41/h3-23,34,39H,24H2,1-2H3,(H3,40,41)(H3,42,43)(H,44,46)(H,45,47)/t34-,39+/m1/s1. The van der Waals surface area contributed by atoms with Crippen LogP contribution in [-0.4, -0.2) is 42.0 Å². The van der Waals surface area contributed by atoms with Gasteiger partial charge in [-0.2, -0.15) is 0 Å². The van der Waals surface area contributed by atoms with E-state index in [4.69, 9.17) is 31.3 Å². The van der Waals surface area contributed by atoms with Crippen LogP contribution in [0.5, 0.6) is 11.5 Å². The molecule has 0 spiro atoms. The number of carbonyl (C=O) groups is 2.